The number of pyridine rings is 1. The lowest BCUT2D eigenvalue weighted by Crippen LogP contribution is -2.58. The molecule has 2 unspecified atom stereocenters. The van der Waals surface area contributed by atoms with Crippen LogP contribution in [0.2, 0.25) is 0 Å². The molecule has 2 heterocycles. The zero-order chi connectivity index (χ0) is 14.9. The van der Waals surface area contributed by atoms with Crippen LogP contribution in [0.1, 0.15) is 13.8 Å². The number of amides is 1. The third kappa shape index (κ3) is 2.63. The molecule has 0 saturated carbocycles. The maximum Gasteiger partial charge on any atom is 0.407 e. The fraction of sp³-hybridized carbons (Fsp3) is 0.500. The number of anilines is 1. The van der Waals surface area contributed by atoms with E-state index in [0.29, 0.717) is 13.1 Å². The summed E-state index contributed by atoms with van der Waals surface area (Å²) in [4.78, 5) is 28.4. The molecular formula is C12H16N4O4. The third-order valence-electron chi connectivity index (χ3n) is 3.42. The zero-order valence-corrected chi connectivity index (χ0v) is 11.3. The minimum Gasteiger partial charge on any atom is -0.465 e. The second kappa shape index (κ2) is 5.32. The number of piperazine rings is 1. The van der Waals surface area contributed by atoms with E-state index in [2.05, 4.69) is 4.98 Å². The van der Waals surface area contributed by atoms with Gasteiger partial charge in [-0.05, 0) is 29.8 Å². The van der Waals surface area contributed by atoms with Gasteiger partial charge >= 0.3 is 11.9 Å². The first kappa shape index (κ1) is 14.0. The fourth-order valence-electron chi connectivity index (χ4n) is 2.58. The van der Waals surface area contributed by atoms with Crippen molar-refractivity contribution in [2.45, 2.75) is 25.9 Å². The molecule has 1 aliphatic rings. The summed E-state index contributed by atoms with van der Waals surface area (Å²) in [7, 11) is 0. The first-order valence-electron chi connectivity index (χ1n) is 6.26. The van der Waals surface area contributed by atoms with Crippen LogP contribution in [0.15, 0.2) is 18.3 Å². The minimum atomic E-state index is -0.925. The summed E-state index contributed by atoms with van der Waals surface area (Å²) >= 11 is 0. The van der Waals surface area contributed by atoms with Gasteiger partial charge in [0.25, 0.3) is 0 Å². The molecule has 0 spiro atoms. The summed E-state index contributed by atoms with van der Waals surface area (Å²) in [6.07, 6.45) is 0.528. The van der Waals surface area contributed by atoms with Crippen LogP contribution in [-0.2, 0) is 0 Å². The molecule has 1 saturated heterocycles. The fourth-order valence-corrected chi connectivity index (χ4v) is 2.58. The molecule has 20 heavy (non-hydrogen) atoms. The van der Waals surface area contributed by atoms with Crippen LogP contribution < -0.4 is 4.90 Å². The number of nitrogens with zero attached hydrogens (tertiary/aromatic N) is 4. The Kier molecular flexibility index (Phi) is 3.73. The maximum atomic E-state index is 11.2. The topological polar surface area (TPSA) is 99.8 Å². The molecule has 0 aliphatic carbocycles. The normalized spacial score (nSPS) is 22.7. The van der Waals surface area contributed by atoms with Gasteiger partial charge < -0.3 is 20.1 Å². The van der Waals surface area contributed by atoms with Gasteiger partial charge in [-0.25, -0.2) is 4.79 Å². The van der Waals surface area contributed by atoms with Crippen LogP contribution in [0, 0.1) is 10.1 Å². The van der Waals surface area contributed by atoms with E-state index in [1.54, 1.807) is 6.07 Å². The van der Waals surface area contributed by atoms with Crippen LogP contribution in [-0.4, -0.2) is 51.2 Å². The molecule has 2 atom stereocenters. The van der Waals surface area contributed by atoms with Crippen LogP contribution in [0.4, 0.5) is 16.3 Å². The maximum absolute atomic E-state index is 11.2. The van der Waals surface area contributed by atoms with Crippen molar-refractivity contribution >= 4 is 17.6 Å². The second-order valence-corrected chi connectivity index (χ2v) is 4.92. The van der Waals surface area contributed by atoms with Gasteiger partial charge in [0, 0.05) is 19.2 Å². The number of rotatable bonds is 2. The number of hydrogen-bond donors (Lipinski definition) is 1. The summed E-state index contributed by atoms with van der Waals surface area (Å²) in [6.45, 7) is 4.76. The SMILES string of the molecule is CC1CN(c2ccc([N+](=O)[O-])nc2)CC(C)N1C(=O)O. The molecule has 1 amide bonds. The van der Waals surface area contributed by atoms with Gasteiger partial charge in [-0.15, -0.1) is 0 Å². The smallest absolute Gasteiger partial charge is 0.407 e. The molecule has 2 rings (SSSR count). The van der Waals surface area contributed by atoms with E-state index in [4.69, 9.17) is 5.11 Å². The molecule has 0 bridgehead atoms. The van der Waals surface area contributed by atoms with Gasteiger partial charge in [0.2, 0.25) is 0 Å². The predicted molar refractivity (Wildman–Crippen MR) is 71.9 cm³/mol. The molecule has 108 valence electrons. The molecule has 1 aromatic rings. The zero-order valence-electron chi connectivity index (χ0n) is 11.3. The molecule has 1 fully saturated rings. The first-order valence-corrected chi connectivity index (χ1v) is 6.26. The summed E-state index contributed by atoms with van der Waals surface area (Å²) in [5, 5.41) is 19.7. The van der Waals surface area contributed by atoms with Crippen LogP contribution in [0.5, 0.6) is 0 Å². The average Bonchev–Trinajstić information content (AvgIpc) is 2.37. The Hall–Kier alpha value is -2.38. The van der Waals surface area contributed by atoms with Crippen LogP contribution in [0.3, 0.4) is 0 Å². The van der Waals surface area contributed by atoms with Gasteiger partial charge in [0.05, 0.1) is 17.8 Å². The van der Waals surface area contributed by atoms with E-state index in [0.717, 1.165) is 5.69 Å². The quantitative estimate of drug-likeness (QED) is 0.652. The summed E-state index contributed by atoms with van der Waals surface area (Å²) in [6, 6.07) is 2.70. The van der Waals surface area contributed by atoms with E-state index >= 15 is 0 Å². The Bertz CT molecular complexity index is 507. The number of carboxylic acid groups (broad SMARTS) is 1. The van der Waals surface area contributed by atoms with Gasteiger partial charge in [-0.3, -0.25) is 4.90 Å². The lowest BCUT2D eigenvalue weighted by Gasteiger charge is -2.43. The molecule has 8 nitrogen and oxygen atoms in total. The highest BCUT2D eigenvalue weighted by atomic mass is 16.6. The van der Waals surface area contributed by atoms with Crippen LogP contribution in [0.25, 0.3) is 0 Å². The van der Waals surface area contributed by atoms with E-state index in [1.807, 2.05) is 18.7 Å². The van der Waals surface area contributed by atoms with Gasteiger partial charge in [0.15, 0.2) is 6.20 Å². The Morgan fingerprint density at radius 1 is 1.40 bits per heavy atom. The summed E-state index contributed by atoms with van der Waals surface area (Å²) in [5.74, 6) is -0.195. The van der Waals surface area contributed by atoms with Crippen molar-refractivity contribution < 1.29 is 14.8 Å². The molecule has 1 aliphatic heterocycles. The molecule has 0 radical (unpaired) electrons. The molecular weight excluding hydrogens is 264 g/mol. The lowest BCUT2D eigenvalue weighted by atomic mass is 10.1. The Labute approximate surface area is 115 Å². The number of hydrogen-bond acceptors (Lipinski definition) is 5. The standard InChI is InChI=1S/C12H16N4O4/c1-8-6-14(7-9(2)15(8)12(17)18)10-3-4-11(13-5-10)16(19)20/h3-5,8-9H,6-7H2,1-2H3,(H,17,18). The summed E-state index contributed by atoms with van der Waals surface area (Å²) < 4.78 is 0. The van der Waals surface area contributed by atoms with Crippen LogP contribution >= 0.6 is 0 Å². The van der Waals surface area contributed by atoms with E-state index in [1.165, 1.54) is 17.2 Å². The Morgan fingerprint density at radius 2 is 2.00 bits per heavy atom. The average molecular weight is 280 g/mol. The minimum absolute atomic E-state index is 0.147. The Morgan fingerprint density at radius 3 is 2.40 bits per heavy atom. The highest BCUT2D eigenvalue weighted by Gasteiger charge is 2.33. The van der Waals surface area contributed by atoms with Crippen molar-refractivity contribution in [1.29, 1.82) is 0 Å². The van der Waals surface area contributed by atoms with E-state index in [-0.39, 0.29) is 17.9 Å². The third-order valence-corrected chi connectivity index (χ3v) is 3.42. The molecule has 1 aromatic heterocycles. The number of nitro groups is 1. The molecule has 8 heteroatoms. The number of aromatic nitrogens is 1. The highest BCUT2D eigenvalue weighted by Crippen LogP contribution is 2.23. The summed E-state index contributed by atoms with van der Waals surface area (Å²) in [5.41, 5.74) is 0.763. The van der Waals surface area contributed by atoms with Crippen molar-refractivity contribution in [3.8, 4) is 0 Å². The van der Waals surface area contributed by atoms with E-state index < -0.39 is 11.0 Å². The van der Waals surface area contributed by atoms with Crippen molar-refractivity contribution in [3.05, 3.63) is 28.4 Å². The largest absolute Gasteiger partial charge is 0.465 e. The van der Waals surface area contributed by atoms with Gasteiger partial charge in [-0.1, -0.05) is 0 Å². The second-order valence-electron chi connectivity index (χ2n) is 4.92. The van der Waals surface area contributed by atoms with Crippen molar-refractivity contribution in [1.82, 2.24) is 9.88 Å². The highest BCUT2D eigenvalue weighted by molar-refractivity contribution is 5.66. The first-order chi connectivity index (χ1) is 9.40. The molecule has 0 aromatic carbocycles. The Balaban J connectivity index is 2.15. The monoisotopic (exact) mass is 280 g/mol. The van der Waals surface area contributed by atoms with Gasteiger partial charge in [-0.2, -0.15) is 0 Å². The van der Waals surface area contributed by atoms with Crippen molar-refractivity contribution in [2.24, 2.45) is 0 Å². The van der Waals surface area contributed by atoms with Gasteiger partial charge in [0.1, 0.15) is 0 Å². The molecule has 1 N–H and O–H groups in total. The number of carbonyl (C=O) groups is 1. The van der Waals surface area contributed by atoms with E-state index in [9.17, 15) is 14.9 Å². The predicted octanol–water partition coefficient (Wildman–Crippen LogP) is 1.57. The van der Waals surface area contributed by atoms with Crippen molar-refractivity contribution in [2.75, 3.05) is 18.0 Å². The van der Waals surface area contributed by atoms with Crippen molar-refractivity contribution in [3.63, 3.8) is 0 Å². The lowest BCUT2D eigenvalue weighted by molar-refractivity contribution is -0.389.